The normalized spacial score (nSPS) is 12.2. The van der Waals surface area contributed by atoms with Crippen molar-refractivity contribution < 1.29 is 13.9 Å². The Labute approximate surface area is 104 Å². The van der Waals surface area contributed by atoms with Crippen molar-refractivity contribution >= 4 is 23.2 Å². The predicted octanol–water partition coefficient (Wildman–Crippen LogP) is 1.78. The Bertz CT molecular complexity index is 397. The molecule has 0 radical (unpaired) electrons. The van der Waals surface area contributed by atoms with Gasteiger partial charge in [-0.25, -0.2) is 4.39 Å². The van der Waals surface area contributed by atoms with E-state index in [1.54, 1.807) is 0 Å². The molecule has 0 fully saturated rings. The summed E-state index contributed by atoms with van der Waals surface area (Å²) in [6.45, 7) is 0.251. The molecular weight excluding hydrogens is 247 g/mol. The summed E-state index contributed by atoms with van der Waals surface area (Å²) in [5.41, 5.74) is 5.76. The van der Waals surface area contributed by atoms with Crippen molar-refractivity contribution in [2.24, 2.45) is 5.73 Å². The van der Waals surface area contributed by atoms with Crippen LogP contribution in [-0.2, 0) is 9.53 Å². The van der Waals surface area contributed by atoms with E-state index in [1.165, 1.54) is 19.2 Å². The fourth-order valence-corrected chi connectivity index (χ4v) is 1.48. The number of halogens is 2. The van der Waals surface area contributed by atoms with Crippen LogP contribution in [0, 0.1) is 5.82 Å². The van der Waals surface area contributed by atoms with Crippen LogP contribution < -0.4 is 11.1 Å². The molecule has 0 aliphatic carbocycles. The first kappa shape index (κ1) is 13.9. The largest absolute Gasteiger partial charge is 0.380 e. The van der Waals surface area contributed by atoms with E-state index in [2.05, 4.69) is 5.32 Å². The summed E-state index contributed by atoms with van der Waals surface area (Å²) in [4.78, 5) is 11.6. The van der Waals surface area contributed by atoms with Crippen LogP contribution in [0.4, 0.5) is 10.1 Å². The van der Waals surface area contributed by atoms with Crippen molar-refractivity contribution in [3.05, 3.63) is 29.0 Å². The van der Waals surface area contributed by atoms with Crippen LogP contribution in [0.3, 0.4) is 0 Å². The van der Waals surface area contributed by atoms with Crippen LogP contribution >= 0.6 is 11.6 Å². The number of anilines is 1. The van der Waals surface area contributed by atoms with Crippen LogP contribution in [0.15, 0.2) is 18.2 Å². The summed E-state index contributed by atoms with van der Waals surface area (Å²) in [7, 11) is 1.48. The molecule has 0 saturated carbocycles. The van der Waals surface area contributed by atoms with Gasteiger partial charge in [0.25, 0.3) is 0 Å². The summed E-state index contributed by atoms with van der Waals surface area (Å²) in [5.74, 6) is -0.736. The third kappa shape index (κ3) is 4.30. The molecule has 0 aliphatic heterocycles. The SMILES string of the molecule is COC(CN)CC(=O)Nc1ccc(F)cc1Cl. The van der Waals surface area contributed by atoms with Crippen molar-refractivity contribution in [3.8, 4) is 0 Å². The van der Waals surface area contributed by atoms with Crippen molar-refractivity contribution in [3.63, 3.8) is 0 Å². The van der Waals surface area contributed by atoms with E-state index < -0.39 is 5.82 Å². The zero-order chi connectivity index (χ0) is 12.8. The quantitative estimate of drug-likeness (QED) is 0.848. The fraction of sp³-hybridized carbons (Fsp3) is 0.364. The number of carbonyl (C=O) groups is 1. The molecule has 0 saturated heterocycles. The number of methoxy groups -OCH3 is 1. The molecule has 3 N–H and O–H groups in total. The van der Waals surface area contributed by atoms with E-state index >= 15 is 0 Å². The summed E-state index contributed by atoms with van der Waals surface area (Å²) < 4.78 is 17.7. The first-order valence-electron chi connectivity index (χ1n) is 5.04. The lowest BCUT2D eigenvalue weighted by Gasteiger charge is -2.13. The Hall–Kier alpha value is -1.17. The molecular formula is C11H14ClFN2O2. The highest BCUT2D eigenvalue weighted by molar-refractivity contribution is 6.33. The molecule has 94 valence electrons. The second-order valence-electron chi connectivity index (χ2n) is 3.47. The van der Waals surface area contributed by atoms with E-state index in [1.807, 2.05) is 0 Å². The van der Waals surface area contributed by atoms with E-state index in [0.29, 0.717) is 5.69 Å². The Balaban J connectivity index is 2.62. The molecule has 1 aromatic carbocycles. The molecule has 0 aromatic heterocycles. The van der Waals surface area contributed by atoms with Gasteiger partial charge in [-0.1, -0.05) is 11.6 Å². The highest BCUT2D eigenvalue weighted by atomic mass is 35.5. The molecule has 6 heteroatoms. The fourth-order valence-electron chi connectivity index (χ4n) is 1.26. The number of hydrogen-bond acceptors (Lipinski definition) is 3. The number of hydrogen-bond donors (Lipinski definition) is 2. The van der Waals surface area contributed by atoms with Gasteiger partial charge in [-0.05, 0) is 18.2 Å². The number of nitrogens with two attached hydrogens (primary N) is 1. The van der Waals surface area contributed by atoms with Crippen LogP contribution in [-0.4, -0.2) is 25.7 Å². The molecule has 1 rings (SSSR count). The van der Waals surface area contributed by atoms with Gasteiger partial charge in [0, 0.05) is 13.7 Å². The summed E-state index contributed by atoms with van der Waals surface area (Å²) in [5, 5.41) is 2.72. The van der Waals surface area contributed by atoms with E-state index in [9.17, 15) is 9.18 Å². The zero-order valence-corrected chi connectivity index (χ0v) is 10.1. The molecule has 1 atom stereocenters. The minimum atomic E-state index is -0.454. The van der Waals surface area contributed by atoms with Gasteiger partial charge in [-0.3, -0.25) is 4.79 Å². The summed E-state index contributed by atoms with van der Waals surface area (Å²) in [6, 6.07) is 3.76. The minimum absolute atomic E-state index is 0.126. The maximum atomic E-state index is 12.8. The molecule has 0 aliphatic rings. The standard InChI is InChI=1S/C11H14ClFN2O2/c1-17-8(6-14)5-11(16)15-10-3-2-7(13)4-9(10)12/h2-4,8H,5-6,14H2,1H3,(H,15,16). The number of rotatable bonds is 5. The van der Waals surface area contributed by atoms with E-state index in [4.69, 9.17) is 22.1 Å². The first-order chi connectivity index (χ1) is 8.06. The van der Waals surface area contributed by atoms with Crippen molar-refractivity contribution in [2.75, 3.05) is 19.0 Å². The van der Waals surface area contributed by atoms with Crippen LogP contribution in [0.25, 0.3) is 0 Å². The minimum Gasteiger partial charge on any atom is -0.380 e. The molecule has 0 heterocycles. The Morgan fingerprint density at radius 3 is 2.88 bits per heavy atom. The number of nitrogens with one attached hydrogen (secondary N) is 1. The molecule has 1 amide bonds. The third-order valence-corrected chi connectivity index (χ3v) is 2.53. The maximum absolute atomic E-state index is 12.8. The second-order valence-corrected chi connectivity index (χ2v) is 3.88. The topological polar surface area (TPSA) is 64.3 Å². The van der Waals surface area contributed by atoms with Gasteiger partial charge < -0.3 is 15.8 Å². The van der Waals surface area contributed by atoms with Crippen LogP contribution in [0.5, 0.6) is 0 Å². The van der Waals surface area contributed by atoms with Crippen molar-refractivity contribution in [1.82, 2.24) is 0 Å². The van der Waals surface area contributed by atoms with Crippen molar-refractivity contribution in [1.29, 1.82) is 0 Å². The van der Waals surface area contributed by atoms with Gasteiger partial charge in [0.2, 0.25) is 5.91 Å². The number of ether oxygens (including phenoxy) is 1. The zero-order valence-electron chi connectivity index (χ0n) is 9.37. The van der Waals surface area contributed by atoms with Gasteiger partial charge in [-0.2, -0.15) is 0 Å². The van der Waals surface area contributed by atoms with Gasteiger partial charge in [0.1, 0.15) is 5.82 Å². The lowest BCUT2D eigenvalue weighted by molar-refractivity contribution is -0.118. The lowest BCUT2D eigenvalue weighted by atomic mass is 10.2. The van der Waals surface area contributed by atoms with Gasteiger partial charge in [-0.15, -0.1) is 0 Å². The lowest BCUT2D eigenvalue weighted by Crippen LogP contribution is -2.28. The Morgan fingerprint density at radius 2 is 2.35 bits per heavy atom. The Morgan fingerprint density at radius 1 is 1.65 bits per heavy atom. The van der Waals surface area contributed by atoms with E-state index in [0.717, 1.165) is 6.07 Å². The average Bonchev–Trinajstić information content (AvgIpc) is 2.29. The summed E-state index contributed by atoms with van der Waals surface area (Å²) in [6.07, 6.45) is -0.213. The highest BCUT2D eigenvalue weighted by Crippen LogP contribution is 2.22. The van der Waals surface area contributed by atoms with Gasteiger partial charge in [0.05, 0.1) is 23.2 Å². The third-order valence-electron chi connectivity index (χ3n) is 2.21. The highest BCUT2D eigenvalue weighted by Gasteiger charge is 2.12. The maximum Gasteiger partial charge on any atom is 0.227 e. The van der Waals surface area contributed by atoms with E-state index in [-0.39, 0.29) is 30.0 Å². The number of carbonyl (C=O) groups excluding carboxylic acids is 1. The number of benzene rings is 1. The molecule has 1 aromatic rings. The number of amides is 1. The van der Waals surface area contributed by atoms with Crippen molar-refractivity contribution in [2.45, 2.75) is 12.5 Å². The first-order valence-corrected chi connectivity index (χ1v) is 5.42. The van der Waals surface area contributed by atoms with Crippen LogP contribution in [0.2, 0.25) is 5.02 Å². The average molecular weight is 261 g/mol. The monoisotopic (exact) mass is 260 g/mol. The van der Waals surface area contributed by atoms with Crippen LogP contribution in [0.1, 0.15) is 6.42 Å². The summed E-state index contributed by atoms with van der Waals surface area (Å²) >= 11 is 5.77. The Kier molecular flexibility index (Phi) is 5.34. The molecule has 17 heavy (non-hydrogen) atoms. The van der Waals surface area contributed by atoms with Gasteiger partial charge >= 0.3 is 0 Å². The van der Waals surface area contributed by atoms with Gasteiger partial charge in [0.15, 0.2) is 0 Å². The molecule has 0 spiro atoms. The molecule has 4 nitrogen and oxygen atoms in total. The smallest absolute Gasteiger partial charge is 0.227 e. The molecule has 0 bridgehead atoms. The predicted molar refractivity (Wildman–Crippen MR) is 64.5 cm³/mol. The second kappa shape index (κ2) is 6.54. The molecule has 1 unspecified atom stereocenters.